The number of H-pyrrole nitrogens is 1. The molecule has 0 atom stereocenters. The van der Waals surface area contributed by atoms with E-state index in [1.54, 1.807) is 12.1 Å². The number of rotatable bonds is 2. The van der Waals surface area contributed by atoms with Crippen molar-refractivity contribution in [3.8, 4) is 29.2 Å². The van der Waals surface area contributed by atoms with Gasteiger partial charge < -0.3 is 9.51 Å². The van der Waals surface area contributed by atoms with Gasteiger partial charge in [-0.1, -0.05) is 11.2 Å². The number of pyridine rings is 1. The molecular weight excluding hydrogens is 242 g/mol. The fraction of sp³-hybridized carbons (Fsp3) is 0.0769. The van der Waals surface area contributed by atoms with Crippen molar-refractivity contribution < 1.29 is 4.52 Å². The summed E-state index contributed by atoms with van der Waals surface area (Å²) in [7, 11) is 0. The highest BCUT2D eigenvalue weighted by Crippen LogP contribution is 2.20. The van der Waals surface area contributed by atoms with Crippen LogP contribution < -0.4 is 0 Å². The Morgan fingerprint density at radius 2 is 2.11 bits per heavy atom. The third-order valence-electron chi connectivity index (χ3n) is 2.58. The molecule has 0 amide bonds. The van der Waals surface area contributed by atoms with Crippen molar-refractivity contribution in [1.29, 1.82) is 5.26 Å². The molecule has 0 aliphatic rings. The van der Waals surface area contributed by atoms with Crippen molar-refractivity contribution in [2.45, 2.75) is 6.92 Å². The Bertz CT molecular complexity index is 765. The van der Waals surface area contributed by atoms with Crippen molar-refractivity contribution in [3.05, 3.63) is 41.7 Å². The van der Waals surface area contributed by atoms with Crippen molar-refractivity contribution in [3.63, 3.8) is 0 Å². The lowest BCUT2D eigenvalue weighted by atomic mass is 10.3. The molecule has 1 N–H and O–H groups in total. The average Bonchev–Trinajstić information content (AvgIpc) is 3.07. The summed E-state index contributed by atoms with van der Waals surface area (Å²) in [4.78, 5) is 11.5. The molecular formula is C13H9N5O. The van der Waals surface area contributed by atoms with Crippen LogP contribution in [0.3, 0.4) is 0 Å². The summed E-state index contributed by atoms with van der Waals surface area (Å²) in [5.41, 5.74) is 2.60. The first-order valence-corrected chi connectivity index (χ1v) is 5.63. The molecule has 3 aromatic rings. The Balaban J connectivity index is 1.97. The third-order valence-corrected chi connectivity index (χ3v) is 2.58. The molecule has 0 radical (unpaired) electrons. The molecule has 6 heteroatoms. The minimum Gasteiger partial charge on any atom is -0.342 e. The zero-order valence-corrected chi connectivity index (χ0v) is 10.1. The molecule has 0 aliphatic carbocycles. The van der Waals surface area contributed by atoms with Crippen molar-refractivity contribution >= 4 is 0 Å². The average molecular weight is 251 g/mol. The highest BCUT2D eigenvalue weighted by molar-refractivity contribution is 5.55. The predicted octanol–water partition coefficient (Wildman–Crippen LogP) is 2.31. The monoisotopic (exact) mass is 251 g/mol. The first-order chi connectivity index (χ1) is 9.26. The van der Waals surface area contributed by atoms with Gasteiger partial charge in [0.25, 0.3) is 5.89 Å². The normalized spacial score (nSPS) is 10.3. The second-order valence-corrected chi connectivity index (χ2v) is 3.98. The number of aromatic amines is 1. The maximum absolute atomic E-state index is 8.75. The Morgan fingerprint density at radius 1 is 1.21 bits per heavy atom. The van der Waals surface area contributed by atoms with Gasteiger partial charge in [-0.25, -0.2) is 4.98 Å². The summed E-state index contributed by atoms with van der Waals surface area (Å²) in [6.07, 6.45) is 0. The minimum atomic E-state index is 0.333. The van der Waals surface area contributed by atoms with E-state index < -0.39 is 0 Å². The zero-order valence-electron chi connectivity index (χ0n) is 10.1. The van der Waals surface area contributed by atoms with Gasteiger partial charge in [0.1, 0.15) is 23.2 Å². The van der Waals surface area contributed by atoms with Gasteiger partial charge in [0.05, 0.1) is 0 Å². The molecule has 0 bridgehead atoms. The SMILES string of the molecule is Cc1cccc(-c2noc(-c3ccc(C#N)[nH]3)n2)n1. The first-order valence-electron chi connectivity index (χ1n) is 5.63. The van der Waals surface area contributed by atoms with E-state index in [9.17, 15) is 0 Å². The summed E-state index contributed by atoms with van der Waals surface area (Å²) < 4.78 is 5.16. The molecule has 19 heavy (non-hydrogen) atoms. The van der Waals surface area contributed by atoms with E-state index in [0.29, 0.717) is 28.8 Å². The van der Waals surface area contributed by atoms with Crippen molar-refractivity contribution in [2.24, 2.45) is 0 Å². The molecule has 0 fully saturated rings. The Morgan fingerprint density at radius 3 is 2.84 bits per heavy atom. The summed E-state index contributed by atoms with van der Waals surface area (Å²) in [5, 5.41) is 12.6. The number of nitrogens with one attached hydrogen (secondary N) is 1. The number of hydrogen-bond acceptors (Lipinski definition) is 5. The predicted molar refractivity (Wildman–Crippen MR) is 66.8 cm³/mol. The van der Waals surface area contributed by atoms with Gasteiger partial charge in [0.15, 0.2) is 0 Å². The molecule has 6 nitrogen and oxygen atoms in total. The minimum absolute atomic E-state index is 0.333. The Hall–Kier alpha value is -2.94. The number of hydrogen-bond donors (Lipinski definition) is 1. The van der Waals surface area contributed by atoms with Crippen LogP contribution in [-0.4, -0.2) is 20.1 Å². The number of aromatic nitrogens is 4. The van der Waals surface area contributed by atoms with E-state index in [-0.39, 0.29) is 0 Å². The second-order valence-electron chi connectivity index (χ2n) is 3.98. The first kappa shape index (κ1) is 11.2. The van der Waals surface area contributed by atoms with E-state index in [1.165, 1.54) is 0 Å². The van der Waals surface area contributed by atoms with Crippen molar-refractivity contribution in [2.75, 3.05) is 0 Å². The molecule has 0 unspecified atom stereocenters. The van der Waals surface area contributed by atoms with E-state index >= 15 is 0 Å². The molecule has 0 aliphatic heterocycles. The lowest BCUT2D eigenvalue weighted by molar-refractivity contribution is 0.431. The number of aryl methyl sites for hydroxylation is 1. The summed E-state index contributed by atoms with van der Waals surface area (Å²) in [6.45, 7) is 1.90. The van der Waals surface area contributed by atoms with Crippen LogP contribution in [0.5, 0.6) is 0 Å². The maximum atomic E-state index is 8.75. The molecule has 92 valence electrons. The van der Waals surface area contributed by atoms with E-state index in [2.05, 4.69) is 20.1 Å². The number of nitriles is 1. The van der Waals surface area contributed by atoms with Crippen LogP contribution in [0, 0.1) is 18.3 Å². The molecule has 0 saturated heterocycles. The number of nitrogens with zero attached hydrogens (tertiary/aromatic N) is 4. The quantitative estimate of drug-likeness (QED) is 0.754. The summed E-state index contributed by atoms with van der Waals surface area (Å²) in [5.74, 6) is 0.756. The Labute approximate surface area is 108 Å². The van der Waals surface area contributed by atoms with Gasteiger partial charge in [-0.2, -0.15) is 10.2 Å². The van der Waals surface area contributed by atoms with Gasteiger partial charge in [0.2, 0.25) is 5.82 Å². The fourth-order valence-corrected chi connectivity index (χ4v) is 1.69. The molecule has 0 aromatic carbocycles. The molecule has 0 saturated carbocycles. The fourth-order valence-electron chi connectivity index (χ4n) is 1.69. The summed E-state index contributed by atoms with van der Waals surface area (Å²) >= 11 is 0. The van der Waals surface area contributed by atoms with Crippen LogP contribution in [0.25, 0.3) is 23.1 Å². The van der Waals surface area contributed by atoms with Gasteiger partial charge >= 0.3 is 0 Å². The highest BCUT2D eigenvalue weighted by atomic mass is 16.5. The van der Waals surface area contributed by atoms with Gasteiger partial charge in [-0.05, 0) is 31.2 Å². The molecule has 3 rings (SSSR count). The van der Waals surface area contributed by atoms with Gasteiger partial charge in [-0.3, -0.25) is 0 Å². The van der Waals surface area contributed by atoms with Gasteiger partial charge in [-0.15, -0.1) is 0 Å². The Kier molecular flexibility index (Phi) is 2.58. The van der Waals surface area contributed by atoms with Crippen LogP contribution in [0.2, 0.25) is 0 Å². The highest BCUT2D eigenvalue weighted by Gasteiger charge is 2.12. The van der Waals surface area contributed by atoms with Crippen LogP contribution in [-0.2, 0) is 0 Å². The lowest BCUT2D eigenvalue weighted by Crippen LogP contribution is -1.87. The zero-order chi connectivity index (χ0) is 13.2. The van der Waals surface area contributed by atoms with E-state index in [1.807, 2.05) is 31.2 Å². The van der Waals surface area contributed by atoms with Crippen LogP contribution >= 0.6 is 0 Å². The standard InChI is InChI=1S/C13H9N5O/c1-8-3-2-4-10(15-8)12-17-13(19-18-12)11-6-5-9(7-14)16-11/h2-6,16H,1H3. The van der Waals surface area contributed by atoms with Crippen LogP contribution in [0.15, 0.2) is 34.9 Å². The largest absolute Gasteiger partial charge is 0.342 e. The molecule has 3 aromatic heterocycles. The second kappa shape index (κ2) is 4.38. The van der Waals surface area contributed by atoms with E-state index in [4.69, 9.17) is 9.78 Å². The van der Waals surface area contributed by atoms with E-state index in [0.717, 1.165) is 5.69 Å². The van der Waals surface area contributed by atoms with Crippen LogP contribution in [0.1, 0.15) is 11.4 Å². The third kappa shape index (κ3) is 2.09. The van der Waals surface area contributed by atoms with Gasteiger partial charge in [0, 0.05) is 5.69 Å². The lowest BCUT2D eigenvalue weighted by Gasteiger charge is -1.94. The van der Waals surface area contributed by atoms with Crippen LogP contribution in [0.4, 0.5) is 0 Å². The molecule has 0 spiro atoms. The maximum Gasteiger partial charge on any atom is 0.274 e. The van der Waals surface area contributed by atoms with Crippen molar-refractivity contribution in [1.82, 2.24) is 20.1 Å². The smallest absolute Gasteiger partial charge is 0.274 e. The molecule has 3 heterocycles. The summed E-state index contributed by atoms with van der Waals surface area (Å²) in [6, 6.07) is 11.0. The topological polar surface area (TPSA) is 91.4 Å².